The van der Waals surface area contributed by atoms with Crippen LogP contribution in [-0.4, -0.2) is 224 Å². The Morgan fingerprint density at radius 1 is 0.382 bits per heavy atom. The largest absolute Gasteiger partial charge is 0.780 e. The molecular formula is C72H90N21O37P7S7-6. The van der Waals surface area contributed by atoms with E-state index in [0.717, 1.165) is 48.8 Å². The SMILES string of the molecule is CC[C@H]1O[C@@H](n2cc(C)c(=O)[nH]c2=O)C[C@H]1OP([O-])(=S)OC[C@H]1O[C@@H](n2cc(C)c(=O)[nH]c2=O)C[C@H]1OP(=O)([S-])OC[C@H]1O[C@@H](n2cc(C)c(=O)[nH]c2=O)C[C@H]1OP([O-])(=S)OC[C@H]1O[C@@H](n2cnc3c(N)ncnc32)C[C@H]1OP([O-])(=S)OC[C@H]1O[C@@H](n2cnc3c(N)ncnc32)C[C@H]1OP([O-])(=S)OC[C@H]1O[C@@H](n2cc(C)c(N)nc2=O)C[C@H]1OP([O-])(=S)OC[C@H]1O[C@@H](n2cc(C)c(=O)[nH]c2=O)C[C@H]1OP(O)(=S)OC. The Morgan fingerprint density at radius 2 is 0.639 bits per heavy atom. The molecule has 788 valence electrons. The first-order valence-corrected chi connectivity index (χ1v) is 61.2. The molecule has 7 fully saturated rings. The molecule has 72 heteroatoms. The fourth-order valence-corrected chi connectivity index (χ4v) is 26.4. The van der Waals surface area contributed by atoms with Crippen molar-refractivity contribution in [3.63, 3.8) is 0 Å². The molecule has 9 aromatic rings. The van der Waals surface area contributed by atoms with Crippen LogP contribution < -0.4 is 92.4 Å². The number of nitrogens with zero attached hydrogens (tertiary/aromatic N) is 14. The van der Waals surface area contributed by atoms with E-state index >= 15 is 4.89 Å². The molecule has 28 atom stereocenters. The van der Waals surface area contributed by atoms with Crippen molar-refractivity contribution in [1.82, 2.24) is 86.8 Å². The lowest BCUT2D eigenvalue weighted by molar-refractivity contribution is -0.221. The Hall–Kier alpha value is -6.50. The van der Waals surface area contributed by atoms with Gasteiger partial charge in [-0.15, -0.1) is 0 Å². The Kier molecular flexibility index (Phi) is 34.0. The number of imidazole rings is 2. The summed E-state index contributed by atoms with van der Waals surface area (Å²) in [5.41, 5.74) is 12.2. The number of H-pyrrole nitrogens is 4. The van der Waals surface area contributed by atoms with Gasteiger partial charge in [0.25, 0.3) is 22.2 Å². The zero-order chi connectivity index (χ0) is 104. The third kappa shape index (κ3) is 25.9. The van der Waals surface area contributed by atoms with Crippen LogP contribution >= 0.6 is 47.1 Å². The van der Waals surface area contributed by atoms with Gasteiger partial charge >= 0.3 is 35.2 Å². The van der Waals surface area contributed by atoms with E-state index in [1.165, 1.54) is 74.3 Å². The predicted octanol–water partition coefficient (Wildman–Crippen LogP) is -1.93. The van der Waals surface area contributed by atoms with Crippen molar-refractivity contribution in [2.75, 3.05) is 64.0 Å². The van der Waals surface area contributed by atoms with Gasteiger partial charge in [0, 0.05) is 111 Å². The molecule has 0 bridgehead atoms. The molecule has 0 aliphatic carbocycles. The third-order valence-electron chi connectivity index (χ3n) is 23.8. The van der Waals surface area contributed by atoms with Crippen molar-refractivity contribution in [3.8, 4) is 0 Å². The smallest absolute Gasteiger partial charge is 0.351 e. The molecule has 7 aliphatic rings. The number of hydrogen-bond donors (Lipinski definition) is 8. The number of nitrogens with two attached hydrogens (primary N) is 3. The van der Waals surface area contributed by atoms with Crippen LogP contribution in [0.5, 0.6) is 0 Å². The molecule has 0 amide bonds. The van der Waals surface area contributed by atoms with Gasteiger partial charge in [0.05, 0.1) is 101 Å². The van der Waals surface area contributed by atoms with E-state index in [0.29, 0.717) is 5.56 Å². The Morgan fingerprint density at radius 3 is 0.938 bits per heavy atom. The van der Waals surface area contributed by atoms with Gasteiger partial charge in [0.15, 0.2) is 29.7 Å². The number of nitrogens with one attached hydrogen (secondary N) is 4. The van der Waals surface area contributed by atoms with Gasteiger partial charge in [-0.05, 0) is 52.8 Å². The number of aryl methyl sites for hydroxylation is 5. The van der Waals surface area contributed by atoms with Gasteiger partial charge in [0.2, 0.25) is 0 Å². The average Bonchev–Trinajstić information content (AvgIpc) is 1.63. The first kappa shape index (κ1) is 110. The van der Waals surface area contributed by atoms with Crippen LogP contribution in [0.2, 0.25) is 0 Å². The minimum atomic E-state index is -5.03. The number of nitrogen functional groups attached to an aromatic ring is 3. The fraction of sp³-hybridized carbons (Fsp3) is 0.583. The van der Waals surface area contributed by atoms with Gasteiger partial charge < -0.3 is 155 Å². The number of rotatable bonds is 41. The van der Waals surface area contributed by atoms with Gasteiger partial charge in [-0.25, -0.2) is 53.9 Å². The number of aromatic amines is 4. The highest BCUT2D eigenvalue weighted by Crippen LogP contribution is 2.57. The van der Waals surface area contributed by atoms with E-state index in [4.69, 9.17) is 197 Å². The van der Waals surface area contributed by atoms with Gasteiger partial charge in [0.1, 0.15) is 143 Å². The standard InChI is InChI=1S/C72H96N21O37P7S7/c1-8-36-37(9-50(117-36)88-17-32(3)64(94)83-69(88)99)125-132(104,139)111-22-46-40(12-53(120-46)90-19-34(5)66(96)85-71(90)101)127-134(106,141)113-24-47-41(13-54(121-47)91-20-35(6)67(97)86-72(91)102)128-135(107,142)115-25-48-43(15-56(122-48)93-30-81-58-61(75)77-28-79-63(58)93)130-137(109,144)116-26-49-42(14-55(123-49)92-29-80-57-60(74)76-27-78-62(57)92)129-136(108,143)114-23-45-39(11-51(119-45)87-16-31(2)59(73)82-68(87)98)126-133(105,140)112-21-44-38(124-131(103,138)110-7)10-52(118-44)89-18-33(4)65(95)84-70(89)100/h16-20,27-30,36-56H,8-15,21-26H2,1-7H3,(H,103,138)(H,104,139)(H,105,140)(H,106,141)(H,107,142)(H,108,143)(H,109,144)(H2,73,82,98)(H2,74,76,78)(H2,75,77,79)(H,83,94,99)(H,84,95,100)(H,85,96,101)(H,86,97,102)/p-6/t36-,37-,38-,39-,40-,41-,42-,43-,44-,45-,46-,47-,48-,49-,50-,51-,52-,53-,54-,55-,56-,131?,132?,133?,134?,135?,136?,137?/m1/s1. The summed E-state index contributed by atoms with van der Waals surface area (Å²) in [5.74, 6) is -0.211. The second-order valence-corrected chi connectivity index (χ2v) is 52.8. The molecule has 0 spiro atoms. The maximum absolute atomic E-state index is 15.1. The number of ether oxygens (including phenoxy) is 7. The summed E-state index contributed by atoms with van der Waals surface area (Å²) in [6.45, 7) is -29.5. The monoisotopic (exact) mass is 2280 g/mol. The van der Waals surface area contributed by atoms with Crippen LogP contribution in [0.1, 0.15) is 130 Å². The quantitative estimate of drug-likeness (QED) is 0.0153. The minimum Gasteiger partial charge on any atom is -0.780 e. The normalized spacial score (nSPS) is 29.7. The van der Waals surface area contributed by atoms with E-state index in [1.807, 2.05) is 0 Å². The molecule has 0 radical (unpaired) electrons. The zero-order valence-corrected chi connectivity index (χ0v) is 87.8. The summed E-state index contributed by atoms with van der Waals surface area (Å²) < 4.78 is 148. The van der Waals surface area contributed by atoms with Crippen LogP contribution in [0.3, 0.4) is 0 Å². The average molecular weight is 2280 g/mol. The van der Waals surface area contributed by atoms with Crippen LogP contribution in [0, 0.1) is 34.6 Å². The van der Waals surface area contributed by atoms with E-state index < -0.39 is 279 Å². The minimum absolute atomic E-state index is 0.0170. The molecule has 16 rings (SSSR count). The summed E-state index contributed by atoms with van der Waals surface area (Å²) in [4.78, 5) is 238. The lowest BCUT2D eigenvalue weighted by Gasteiger charge is -2.36. The number of fused-ring (bicyclic) bond motifs is 2. The topological polar surface area (TPSA) is 766 Å². The highest BCUT2D eigenvalue weighted by Gasteiger charge is 2.50. The van der Waals surface area contributed by atoms with Gasteiger partial charge in [-0.2, -0.15) is 4.98 Å². The van der Waals surface area contributed by atoms with Crippen molar-refractivity contribution < 1.29 is 130 Å². The molecule has 7 unspecified atom stereocenters. The summed E-state index contributed by atoms with van der Waals surface area (Å²) in [5, 5.41) is 0. The number of hydrogen-bond acceptors (Lipinski definition) is 53. The molecule has 9 aromatic heterocycles. The first-order valence-electron chi connectivity index (χ1n) is 43.2. The second kappa shape index (κ2) is 44.4. The van der Waals surface area contributed by atoms with Crippen LogP contribution in [0.25, 0.3) is 22.3 Å². The first-order chi connectivity index (χ1) is 67.8. The highest BCUT2D eigenvalue weighted by molar-refractivity contribution is 8.32. The maximum Gasteiger partial charge on any atom is 0.351 e. The molecule has 7 aliphatic heterocycles. The van der Waals surface area contributed by atoms with Crippen LogP contribution in [-0.2, 0) is 184 Å². The molecule has 7 saturated heterocycles. The van der Waals surface area contributed by atoms with Gasteiger partial charge in [-0.3, -0.25) is 75.6 Å². The summed E-state index contributed by atoms with van der Waals surface area (Å²) in [7, 11) is 1.08. The van der Waals surface area contributed by atoms with Crippen LogP contribution in [0.4, 0.5) is 17.5 Å². The maximum atomic E-state index is 15.1. The Balaban J connectivity index is 0.610. The number of anilines is 3. The fourth-order valence-electron chi connectivity index (χ4n) is 16.7. The second-order valence-electron chi connectivity index (χ2n) is 33.7. The highest BCUT2D eigenvalue weighted by atomic mass is 32.7. The Bertz CT molecular complexity index is 7320. The van der Waals surface area contributed by atoms with E-state index in [9.17, 15) is 72.2 Å². The van der Waals surface area contributed by atoms with E-state index in [1.54, 1.807) is 13.8 Å². The van der Waals surface area contributed by atoms with Crippen molar-refractivity contribution >= 4 is 170 Å². The molecule has 11 N–H and O–H groups in total. The van der Waals surface area contributed by atoms with Crippen molar-refractivity contribution in [3.05, 3.63) is 178 Å². The third-order valence-corrected chi connectivity index (χ3v) is 35.0. The molecule has 0 aromatic carbocycles. The lowest BCUT2D eigenvalue weighted by Crippen LogP contribution is -2.34. The van der Waals surface area contributed by atoms with E-state index in [-0.39, 0.29) is 101 Å². The van der Waals surface area contributed by atoms with Crippen molar-refractivity contribution in [1.29, 1.82) is 0 Å². The molecule has 16 heterocycles. The molecule has 0 saturated carbocycles. The zero-order valence-electron chi connectivity index (χ0n) is 75.8. The molecular weight excluding hydrogens is 2190 g/mol. The lowest BCUT2D eigenvalue weighted by atomic mass is 10.1. The summed E-state index contributed by atoms with van der Waals surface area (Å²) in [6.07, 6.45) is -19.5. The van der Waals surface area contributed by atoms with Gasteiger partial charge in [-0.1, -0.05) is 66.0 Å². The van der Waals surface area contributed by atoms with Crippen LogP contribution in [0.15, 0.2) is 99.4 Å². The summed E-state index contributed by atoms with van der Waals surface area (Å²) in [6, 6.07) is 0. The molecule has 144 heavy (non-hydrogen) atoms. The Labute approximate surface area is 845 Å². The van der Waals surface area contributed by atoms with Crippen molar-refractivity contribution in [2.24, 2.45) is 0 Å². The summed E-state index contributed by atoms with van der Waals surface area (Å²) >= 11 is 38.1. The number of aromatic nitrogens is 18. The van der Waals surface area contributed by atoms with Crippen molar-refractivity contribution in [2.45, 2.75) is 222 Å². The predicted molar refractivity (Wildman–Crippen MR) is 511 cm³/mol. The molecule has 58 nitrogen and oxygen atoms in total. The van der Waals surface area contributed by atoms with E-state index in [2.05, 4.69) is 54.8 Å².